The molecule has 2 heteroatoms. The maximum Gasteiger partial charge on any atom is 0.0340 e. The molecule has 0 amide bonds. The third-order valence-electron chi connectivity index (χ3n) is 1.28. The van der Waals surface area contributed by atoms with Gasteiger partial charge in [-0.3, -0.25) is 4.98 Å². The van der Waals surface area contributed by atoms with E-state index < -0.39 is 0 Å². The van der Waals surface area contributed by atoms with Crippen molar-refractivity contribution in [2.75, 3.05) is 5.75 Å². The summed E-state index contributed by atoms with van der Waals surface area (Å²) in [7, 11) is 0. The molecule has 0 spiro atoms. The van der Waals surface area contributed by atoms with E-state index in [4.69, 9.17) is 12.6 Å². The lowest BCUT2D eigenvalue weighted by molar-refractivity contribution is 1.26. The van der Waals surface area contributed by atoms with Crippen molar-refractivity contribution in [3.8, 4) is 0 Å². The van der Waals surface area contributed by atoms with Crippen LogP contribution in [-0.4, -0.2) is 10.7 Å². The molecule has 0 aliphatic heterocycles. The van der Waals surface area contributed by atoms with Crippen molar-refractivity contribution in [1.29, 1.82) is 0 Å². The van der Waals surface area contributed by atoms with E-state index in [1.807, 2.05) is 24.4 Å². The minimum Gasteiger partial charge on any atom is -0.264 e. The second kappa shape index (κ2) is 4.97. The molecular formula is C9H10NS. The van der Waals surface area contributed by atoms with Crippen molar-refractivity contribution in [2.24, 2.45) is 0 Å². The highest BCUT2D eigenvalue weighted by molar-refractivity contribution is 7.80. The fourth-order valence-corrected chi connectivity index (χ4v) is 0.898. The van der Waals surface area contributed by atoms with Gasteiger partial charge in [0.05, 0.1) is 0 Å². The Morgan fingerprint density at radius 1 is 1.55 bits per heavy atom. The van der Waals surface area contributed by atoms with Crippen LogP contribution in [-0.2, 0) is 0 Å². The summed E-state index contributed by atoms with van der Waals surface area (Å²) < 4.78 is 0. The first-order valence-corrected chi connectivity index (χ1v) is 4.16. The lowest BCUT2D eigenvalue weighted by Gasteiger charge is -1.88. The zero-order valence-corrected chi connectivity index (χ0v) is 7.05. The Hall–Kier alpha value is -0.760. The molecule has 0 saturated carbocycles. The van der Waals surface area contributed by atoms with Crippen LogP contribution < -0.4 is 0 Å². The van der Waals surface area contributed by atoms with Gasteiger partial charge in [-0.05, 0) is 18.1 Å². The topological polar surface area (TPSA) is 12.9 Å². The van der Waals surface area contributed by atoms with E-state index in [9.17, 15) is 0 Å². The predicted octanol–water partition coefficient (Wildman–Crippen LogP) is 2.68. The Labute approximate surface area is 72.6 Å². The largest absolute Gasteiger partial charge is 0.264 e. The average Bonchev–Trinajstić information content (AvgIpc) is 2.07. The van der Waals surface area contributed by atoms with Gasteiger partial charge in [-0.1, -0.05) is 30.8 Å². The summed E-state index contributed by atoms with van der Waals surface area (Å²) in [6.45, 7) is 0. The number of hydrogen-bond donors (Lipinski definition) is 0. The molecule has 0 aliphatic rings. The Bertz CT molecular complexity index is 218. The summed E-state index contributed by atoms with van der Waals surface area (Å²) in [5.41, 5.74) is 1.14. The molecule has 0 N–H and O–H groups in total. The highest BCUT2D eigenvalue weighted by Crippen LogP contribution is 1.99. The van der Waals surface area contributed by atoms with E-state index >= 15 is 0 Å². The van der Waals surface area contributed by atoms with Crippen LogP contribution in [0.4, 0.5) is 0 Å². The van der Waals surface area contributed by atoms with Crippen LogP contribution in [0.3, 0.4) is 0 Å². The van der Waals surface area contributed by atoms with Crippen LogP contribution in [0, 0.1) is 0 Å². The Morgan fingerprint density at radius 2 is 2.45 bits per heavy atom. The van der Waals surface area contributed by atoms with E-state index in [1.54, 1.807) is 6.20 Å². The van der Waals surface area contributed by atoms with Gasteiger partial charge in [-0.2, -0.15) is 0 Å². The quantitative estimate of drug-likeness (QED) is 0.669. The number of hydrogen-bond acceptors (Lipinski definition) is 1. The van der Waals surface area contributed by atoms with Gasteiger partial charge < -0.3 is 0 Å². The molecule has 0 aliphatic carbocycles. The predicted molar refractivity (Wildman–Crippen MR) is 50.3 cm³/mol. The van der Waals surface area contributed by atoms with E-state index in [1.165, 1.54) is 0 Å². The minimum absolute atomic E-state index is 0.788. The van der Waals surface area contributed by atoms with Gasteiger partial charge in [0.1, 0.15) is 0 Å². The maximum atomic E-state index is 4.80. The van der Waals surface area contributed by atoms with Gasteiger partial charge in [-0.15, -0.1) is 0 Å². The Kier molecular flexibility index (Phi) is 3.76. The molecule has 57 valence electrons. The van der Waals surface area contributed by atoms with Gasteiger partial charge in [-0.25, -0.2) is 0 Å². The molecule has 1 nitrogen and oxygen atoms in total. The zero-order valence-electron chi connectivity index (χ0n) is 6.23. The lowest BCUT2D eigenvalue weighted by Crippen LogP contribution is -1.73. The first kappa shape index (κ1) is 8.34. The molecule has 1 rings (SSSR count). The van der Waals surface area contributed by atoms with E-state index in [2.05, 4.69) is 11.1 Å². The van der Waals surface area contributed by atoms with Crippen LogP contribution in [0.25, 0.3) is 6.08 Å². The van der Waals surface area contributed by atoms with Gasteiger partial charge in [0.2, 0.25) is 0 Å². The molecule has 1 radical (unpaired) electrons. The third-order valence-corrected chi connectivity index (χ3v) is 1.51. The maximum absolute atomic E-state index is 4.80. The molecule has 0 unspecified atom stereocenters. The van der Waals surface area contributed by atoms with Crippen LogP contribution >= 0.6 is 12.6 Å². The molecule has 0 aromatic carbocycles. The van der Waals surface area contributed by atoms with E-state index in [0.717, 1.165) is 17.7 Å². The summed E-state index contributed by atoms with van der Waals surface area (Å²) in [5, 5.41) is 0. The standard InChI is InChI=1S/C9H10NS/c11-7-2-1-4-9-5-3-6-10-8-9/h1,3-6,8H,2,7H2. The lowest BCUT2D eigenvalue weighted by atomic mass is 10.2. The van der Waals surface area contributed by atoms with Crippen molar-refractivity contribution in [3.63, 3.8) is 0 Å². The van der Waals surface area contributed by atoms with Crippen molar-refractivity contribution in [3.05, 3.63) is 36.2 Å². The van der Waals surface area contributed by atoms with Gasteiger partial charge >= 0.3 is 0 Å². The first-order valence-electron chi connectivity index (χ1n) is 3.58. The van der Waals surface area contributed by atoms with Gasteiger partial charge in [0.15, 0.2) is 0 Å². The van der Waals surface area contributed by atoms with E-state index in [-0.39, 0.29) is 0 Å². The average molecular weight is 164 g/mol. The SMILES string of the molecule is [S]CCC=Cc1cccnc1. The van der Waals surface area contributed by atoms with Crippen LogP contribution in [0.2, 0.25) is 0 Å². The fraction of sp³-hybridized carbons (Fsp3) is 0.222. The molecule has 1 aromatic heterocycles. The second-order valence-corrected chi connectivity index (χ2v) is 2.59. The van der Waals surface area contributed by atoms with Crippen molar-refractivity contribution in [1.82, 2.24) is 4.98 Å². The monoisotopic (exact) mass is 164 g/mol. The van der Waals surface area contributed by atoms with Crippen molar-refractivity contribution < 1.29 is 0 Å². The van der Waals surface area contributed by atoms with Gasteiger partial charge in [0.25, 0.3) is 0 Å². The molecule has 1 heterocycles. The highest BCUT2D eigenvalue weighted by Gasteiger charge is 1.81. The molecular weight excluding hydrogens is 154 g/mol. The third kappa shape index (κ3) is 3.23. The van der Waals surface area contributed by atoms with Gasteiger partial charge in [0, 0.05) is 18.1 Å². The van der Waals surface area contributed by atoms with Crippen LogP contribution in [0.5, 0.6) is 0 Å². The second-order valence-electron chi connectivity index (χ2n) is 2.18. The highest BCUT2D eigenvalue weighted by atomic mass is 32.1. The number of allylic oxidation sites excluding steroid dienone is 1. The number of rotatable bonds is 3. The molecule has 11 heavy (non-hydrogen) atoms. The smallest absolute Gasteiger partial charge is 0.0340 e. The zero-order chi connectivity index (χ0) is 7.94. The summed E-state index contributed by atoms with van der Waals surface area (Å²) in [6.07, 6.45) is 8.68. The molecule has 0 atom stereocenters. The van der Waals surface area contributed by atoms with Crippen molar-refractivity contribution >= 4 is 18.7 Å². The number of aromatic nitrogens is 1. The number of pyridine rings is 1. The summed E-state index contributed by atoms with van der Waals surface area (Å²) in [6, 6.07) is 3.94. The summed E-state index contributed by atoms with van der Waals surface area (Å²) in [4.78, 5) is 3.99. The van der Waals surface area contributed by atoms with E-state index in [0.29, 0.717) is 0 Å². The summed E-state index contributed by atoms with van der Waals surface area (Å²) in [5.74, 6) is 0.788. The van der Waals surface area contributed by atoms with Crippen LogP contribution in [0.15, 0.2) is 30.6 Å². The number of nitrogens with zero attached hydrogens (tertiary/aromatic N) is 1. The first-order chi connectivity index (χ1) is 5.43. The molecule has 0 bridgehead atoms. The minimum atomic E-state index is 0.788. The normalized spacial score (nSPS) is 10.6. The molecule has 0 saturated heterocycles. The van der Waals surface area contributed by atoms with Crippen LogP contribution in [0.1, 0.15) is 12.0 Å². The fourth-order valence-electron chi connectivity index (χ4n) is 0.762. The van der Waals surface area contributed by atoms with Crippen molar-refractivity contribution in [2.45, 2.75) is 6.42 Å². The Morgan fingerprint density at radius 3 is 3.09 bits per heavy atom. The molecule has 0 fully saturated rings. The Balaban J connectivity index is 2.50. The summed E-state index contributed by atoms with van der Waals surface area (Å²) >= 11 is 4.80. The molecule has 1 aromatic rings.